The van der Waals surface area contributed by atoms with E-state index in [1.54, 1.807) is 26.1 Å². The minimum absolute atomic E-state index is 0.136. The lowest BCUT2D eigenvalue weighted by Gasteiger charge is -2.17. The maximum Gasteiger partial charge on any atom is 0.150 e. The highest BCUT2D eigenvalue weighted by Gasteiger charge is 2.15. The average Bonchev–Trinajstić information content (AvgIpc) is 2.36. The van der Waals surface area contributed by atoms with Crippen LogP contribution in [0.15, 0.2) is 18.2 Å². The molecule has 6 heteroatoms. The molecule has 0 saturated heterocycles. The van der Waals surface area contributed by atoms with E-state index in [4.69, 9.17) is 11.6 Å². The normalized spacial score (nSPS) is 13.5. The Labute approximate surface area is 119 Å². The number of rotatable bonds is 7. The molecule has 1 aromatic rings. The zero-order chi connectivity index (χ0) is 14.5. The van der Waals surface area contributed by atoms with E-state index >= 15 is 0 Å². The summed E-state index contributed by atoms with van der Waals surface area (Å²) in [5, 5.41) is 3.36. The summed E-state index contributed by atoms with van der Waals surface area (Å²) in [6, 6.07) is 4.33. The topological polar surface area (TPSA) is 46.2 Å². The molecule has 0 aromatic heterocycles. The van der Waals surface area contributed by atoms with Gasteiger partial charge in [0.2, 0.25) is 0 Å². The van der Waals surface area contributed by atoms with Crippen molar-refractivity contribution in [2.75, 3.05) is 18.6 Å². The fraction of sp³-hybridized carbons (Fsp3) is 0.538. The molecule has 0 radical (unpaired) electrons. The molecular weight excluding hydrogens is 289 g/mol. The Morgan fingerprint density at radius 3 is 2.63 bits per heavy atom. The Bertz CT molecular complexity index is 519. The number of halogens is 2. The van der Waals surface area contributed by atoms with E-state index in [2.05, 4.69) is 5.32 Å². The molecular formula is C13H19ClFNO2S. The first kappa shape index (κ1) is 16.4. The highest BCUT2D eigenvalue weighted by molar-refractivity contribution is 7.91. The molecule has 1 atom stereocenters. The molecule has 3 nitrogen and oxygen atoms in total. The second-order valence-electron chi connectivity index (χ2n) is 4.39. The van der Waals surface area contributed by atoms with Crippen LogP contribution in [0.5, 0.6) is 0 Å². The lowest BCUT2D eigenvalue weighted by molar-refractivity contribution is 0.502. The third-order valence-corrected chi connectivity index (χ3v) is 5.10. The van der Waals surface area contributed by atoms with Crippen LogP contribution in [0.3, 0.4) is 0 Å². The van der Waals surface area contributed by atoms with Gasteiger partial charge in [-0.3, -0.25) is 0 Å². The van der Waals surface area contributed by atoms with Gasteiger partial charge >= 0.3 is 0 Å². The molecule has 0 fully saturated rings. The molecule has 0 aliphatic carbocycles. The van der Waals surface area contributed by atoms with Crippen LogP contribution in [0.4, 0.5) is 4.39 Å². The van der Waals surface area contributed by atoms with Gasteiger partial charge in [0.1, 0.15) is 15.7 Å². The first-order valence-corrected chi connectivity index (χ1v) is 8.42. The summed E-state index contributed by atoms with van der Waals surface area (Å²) in [5.74, 6) is -0.0890. The lowest BCUT2D eigenvalue weighted by atomic mass is 10.0. The highest BCUT2D eigenvalue weighted by atomic mass is 35.5. The molecule has 1 rings (SSSR count). The van der Waals surface area contributed by atoms with Crippen molar-refractivity contribution >= 4 is 21.4 Å². The minimum Gasteiger partial charge on any atom is -0.313 e. The van der Waals surface area contributed by atoms with Gasteiger partial charge in [-0.1, -0.05) is 24.6 Å². The third-order valence-electron chi connectivity index (χ3n) is 3.07. The van der Waals surface area contributed by atoms with Gasteiger partial charge < -0.3 is 5.32 Å². The van der Waals surface area contributed by atoms with Crippen molar-refractivity contribution in [3.05, 3.63) is 34.6 Å². The van der Waals surface area contributed by atoms with Gasteiger partial charge in [-0.25, -0.2) is 12.8 Å². The van der Waals surface area contributed by atoms with E-state index in [0.29, 0.717) is 23.4 Å². The second kappa shape index (κ2) is 7.22. The molecule has 0 aliphatic heterocycles. The molecule has 19 heavy (non-hydrogen) atoms. The molecule has 108 valence electrons. The predicted octanol–water partition coefficient (Wildman–Crippen LogP) is 2.95. The number of hydrogen-bond acceptors (Lipinski definition) is 3. The van der Waals surface area contributed by atoms with Crippen molar-refractivity contribution in [3.8, 4) is 0 Å². The average molecular weight is 308 g/mol. The van der Waals surface area contributed by atoms with Crippen molar-refractivity contribution in [1.82, 2.24) is 5.32 Å². The SMILES string of the molecule is CCS(=O)(=O)CCCC(NC)c1ccc(Cl)cc1F. The van der Waals surface area contributed by atoms with Crippen molar-refractivity contribution < 1.29 is 12.8 Å². The van der Waals surface area contributed by atoms with E-state index in [9.17, 15) is 12.8 Å². The predicted molar refractivity (Wildman–Crippen MR) is 76.8 cm³/mol. The van der Waals surface area contributed by atoms with Crippen LogP contribution in [0.1, 0.15) is 31.4 Å². The molecule has 1 N–H and O–H groups in total. The second-order valence-corrected chi connectivity index (χ2v) is 7.29. The summed E-state index contributed by atoms with van der Waals surface area (Å²) in [7, 11) is -1.24. The van der Waals surface area contributed by atoms with Crippen molar-refractivity contribution in [1.29, 1.82) is 0 Å². The zero-order valence-corrected chi connectivity index (χ0v) is 12.7. The van der Waals surface area contributed by atoms with E-state index < -0.39 is 9.84 Å². The van der Waals surface area contributed by atoms with E-state index in [1.807, 2.05) is 0 Å². The standard InChI is InChI=1S/C13H19ClFNO2S/c1-3-19(17,18)8-4-5-13(16-2)11-7-6-10(14)9-12(11)15/h6-7,9,13,16H,3-5,8H2,1-2H3. The van der Waals surface area contributed by atoms with Crippen LogP contribution < -0.4 is 5.32 Å². The van der Waals surface area contributed by atoms with Crippen LogP contribution in [0.25, 0.3) is 0 Å². The van der Waals surface area contributed by atoms with Crippen LogP contribution in [-0.2, 0) is 9.84 Å². The molecule has 1 aromatic carbocycles. The Kier molecular flexibility index (Phi) is 6.23. The third kappa shape index (κ3) is 5.09. The summed E-state index contributed by atoms with van der Waals surface area (Å²) in [6.45, 7) is 1.63. The molecule has 0 bridgehead atoms. The van der Waals surface area contributed by atoms with Gasteiger partial charge in [0, 0.05) is 22.4 Å². The summed E-state index contributed by atoms with van der Waals surface area (Å²) >= 11 is 5.71. The minimum atomic E-state index is -2.97. The lowest BCUT2D eigenvalue weighted by Crippen LogP contribution is -2.19. The molecule has 0 amide bonds. The smallest absolute Gasteiger partial charge is 0.150 e. The van der Waals surface area contributed by atoms with Gasteiger partial charge in [0.25, 0.3) is 0 Å². The largest absolute Gasteiger partial charge is 0.313 e. The first-order valence-electron chi connectivity index (χ1n) is 6.22. The van der Waals surface area contributed by atoms with Crippen LogP contribution >= 0.6 is 11.6 Å². The van der Waals surface area contributed by atoms with E-state index in [0.717, 1.165) is 0 Å². The number of benzene rings is 1. The zero-order valence-electron chi connectivity index (χ0n) is 11.1. The molecule has 0 aliphatic rings. The molecule has 0 saturated carbocycles. The van der Waals surface area contributed by atoms with Gasteiger partial charge in [-0.05, 0) is 32.0 Å². The Balaban J connectivity index is 2.68. The Morgan fingerprint density at radius 1 is 1.42 bits per heavy atom. The Hall–Kier alpha value is -0.650. The summed E-state index contributed by atoms with van der Waals surface area (Å²) in [5.41, 5.74) is 0.515. The summed E-state index contributed by atoms with van der Waals surface area (Å²) in [4.78, 5) is 0. The molecule has 1 unspecified atom stereocenters. The van der Waals surface area contributed by atoms with E-state index in [-0.39, 0.29) is 23.4 Å². The van der Waals surface area contributed by atoms with E-state index in [1.165, 1.54) is 6.07 Å². The van der Waals surface area contributed by atoms with Crippen molar-refractivity contribution in [3.63, 3.8) is 0 Å². The van der Waals surface area contributed by atoms with Crippen LogP contribution in [-0.4, -0.2) is 27.0 Å². The highest BCUT2D eigenvalue weighted by Crippen LogP contribution is 2.24. The van der Waals surface area contributed by atoms with Crippen LogP contribution in [0, 0.1) is 5.82 Å². The number of nitrogens with one attached hydrogen (secondary N) is 1. The first-order chi connectivity index (χ1) is 8.89. The summed E-state index contributed by atoms with van der Waals surface area (Å²) in [6.07, 6.45) is 1.07. The number of sulfone groups is 1. The quantitative estimate of drug-likeness (QED) is 0.842. The fourth-order valence-corrected chi connectivity index (χ4v) is 2.95. The van der Waals surface area contributed by atoms with Gasteiger partial charge in [-0.2, -0.15) is 0 Å². The molecule has 0 heterocycles. The number of hydrogen-bond donors (Lipinski definition) is 1. The fourth-order valence-electron chi connectivity index (χ4n) is 1.89. The van der Waals surface area contributed by atoms with Crippen molar-refractivity contribution in [2.45, 2.75) is 25.8 Å². The molecule has 0 spiro atoms. The van der Waals surface area contributed by atoms with Gasteiger partial charge in [-0.15, -0.1) is 0 Å². The Morgan fingerprint density at radius 2 is 2.11 bits per heavy atom. The summed E-state index contributed by atoms with van der Waals surface area (Å²) < 4.78 is 36.6. The van der Waals surface area contributed by atoms with Crippen LogP contribution in [0.2, 0.25) is 5.02 Å². The monoisotopic (exact) mass is 307 g/mol. The maximum atomic E-state index is 13.8. The van der Waals surface area contributed by atoms with Gasteiger partial charge in [0.15, 0.2) is 0 Å². The van der Waals surface area contributed by atoms with Gasteiger partial charge in [0.05, 0.1) is 5.75 Å². The van der Waals surface area contributed by atoms with Crippen molar-refractivity contribution in [2.24, 2.45) is 0 Å². The maximum absolute atomic E-state index is 13.8.